The van der Waals surface area contributed by atoms with Crippen molar-refractivity contribution in [3.63, 3.8) is 0 Å². The molecule has 0 radical (unpaired) electrons. The van der Waals surface area contributed by atoms with E-state index in [9.17, 15) is 0 Å². The minimum atomic E-state index is 0.405. The van der Waals surface area contributed by atoms with Crippen molar-refractivity contribution >= 4 is 89.5 Å². The Morgan fingerprint density at radius 2 is 0.697 bits per heavy atom. The number of aryl methyl sites for hydroxylation is 4. The third kappa shape index (κ3) is 8.99. The van der Waals surface area contributed by atoms with Crippen LogP contribution in [0.2, 0.25) is 0 Å². The zero-order valence-corrected chi connectivity index (χ0v) is 44.9. The van der Waals surface area contributed by atoms with Crippen molar-refractivity contribution in [3.8, 4) is 68.5 Å². The van der Waals surface area contributed by atoms with E-state index in [2.05, 4.69) is 29.9 Å². The fourth-order valence-corrected chi connectivity index (χ4v) is 12.7. The van der Waals surface area contributed by atoms with E-state index in [0.717, 1.165) is 55.4 Å². The fraction of sp³-hybridized carbons (Fsp3) is 0.214. The molecule has 9 heterocycles. The first-order valence-electron chi connectivity index (χ1n) is 24.7. The number of nitrogens with zero attached hydrogens (tertiary/aromatic N) is 10. The number of hydrogen-bond acceptors (Lipinski definition) is 18. The highest BCUT2D eigenvalue weighted by molar-refractivity contribution is 7.10. The number of aromatic nitrogens is 12. The van der Waals surface area contributed by atoms with E-state index in [1.165, 1.54) is 19.5 Å². The second-order valence-corrected chi connectivity index (χ2v) is 21.9. The summed E-state index contributed by atoms with van der Waals surface area (Å²) in [7, 11) is 0. The molecule has 7 aromatic heterocycles. The van der Waals surface area contributed by atoms with Crippen LogP contribution in [0.1, 0.15) is 42.3 Å². The summed E-state index contributed by atoms with van der Waals surface area (Å²) in [4.78, 5) is 61.8. The highest BCUT2D eigenvalue weighted by Crippen LogP contribution is 2.44. The van der Waals surface area contributed by atoms with Gasteiger partial charge >= 0.3 is 0 Å². The first-order valence-corrected chi connectivity index (χ1v) is 28.2. The summed E-state index contributed by atoms with van der Waals surface area (Å²) in [6.07, 6.45) is 2.78. The zero-order valence-electron chi connectivity index (χ0n) is 41.6. The Labute approximate surface area is 451 Å². The van der Waals surface area contributed by atoms with Crippen LogP contribution in [-0.4, -0.2) is 86.2 Å². The molecule has 378 valence electrons. The average molecular weight is 1080 g/mol. The molecule has 2 N–H and O–H groups in total. The first-order chi connectivity index (χ1) is 37.3. The van der Waals surface area contributed by atoms with Crippen molar-refractivity contribution in [1.29, 1.82) is 0 Å². The summed E-state index contributed by atoms with van der Waals surface area (Å²) in [6.45, 7) is 9.78. The van der Waals surface area contributed by atoms with Gasteiger partial charge in [-0.3, -0.25) is 0 Å². The maximum Gasteiger partial charge on any atom is 0.168 e. The van der Waals surface area contributed by atoms with Crippen molar-refractivity contribution in [1.82, 2.24) is 59.8 Å². The number of thiazole rings is 4. The molecule has 2 aliphatic heterocycles. The molecule has 20 heteroatoms. The van der Waals surface area contributed by atoms with Gasteiger partial charge in [-0.25, -0.2) is 49.8 Å². The molecule has 8 bridgehead atoms. The number of H-pyrrole nitrogens is 2. The Morgan fingerprint density at radius 1 is 0.368 bits per heavy atom. The lowest BCUT2D eigenvalue weighted by Gasteiger charge is -2.10. The first kappa shape index (κ1) is 47.7. The minimum Gasteiger partial charge on any atom is -0.492 e. The normalized spacial score (nSPS) is 11.8. The maximum atomic E-state index is 6.67. The van der Waals surface area contributed by atoms with Gasteiger partial charge in [0.1, 0.15) is 45.6 Å². The quantitative estimate of drug-likeness (QED) is 0.0926. The van der Waals surface area contributed by atoms with E-state index >= 15 is 0 Å². The standard InChI is InChI=1S/C56H46N12O4S4/c1-29-41(73-25-57-29)17-21-69-37-13-5-9-33-45(37)53-62-49(33)61-50-34-10-6-15-39(71-23-19-43-31(3)59-27-75-43)47(34)55(63-50)68-56-48-36(12-8-16-40(48)72-24-20-44-32(4)60-28-76-44)52(67-56)66-54-46-35(51(64-53)65-54)11-7-14-38(46)70-22-18-42-30(2)58-26-74-42/h5-16,25-28H,17-24H2,1-4H3,(H2,61,62,63,64,65,66,67,68). The van der Waals surface area contributed by atoms with Gasteiger partial charge in [0, 0.05) is 67.1 Å². The van der Waals surface area contributed by atoms with Crippen molar-refractivity contribution < 1.29 is 18.9 Å². The van der Waals surface area contributed by atoms with Crippen LogP contribution in [0, 0.1) is 27.7 Å². The van der Waals surface area contributed by atoms with Crippen LogP contribution in [0.3, 0.4) is 0 Å². The van der Waals surface area contributed by atoms with Crippen LogP contribution in [0.15, 0.2) is 94.8 Å². The van der Waals surface area contributed by atoms with Gasteiger partial charge in [0.15, 0.2) is 23.3 Å². The molecule has 0 fully saturated rings. The summed E-state index contributed by atoms with van der Waals surface area (Å²) < 4.78 is 26.7. The third-order valence-corrected chi connectivity index (χ3v) is 17.5. The maximum absolute atomic E-state index is 6.67. The molecule has 4 aromatic carbocycles. The molecule has 0 unspecified atom stereocenters. The Kier molecular flexibility index (Phi) is 12.7. The summed E-state index contributed by atoms with van der Waals surface area (Å²) in [5.74, 6) is 4.23. The average Bonchev–Trinajstić information content (AvgIpc) is 4.39. The topological polar surface area (TPSA) is 197 Å². The van der Waals surface area contributed by atoms with Gasteiger partial charge in [-0.1, -0.05) is 48.5 Å². The molecule has 13 rings (SSSR count). The van der Waals surface area contributed by atoms with Gasteiger partial charge in [0.25, 0.3) is 0 Å². The largest absolute Gasteiger partial charge is 0.492 e. The Balaban J connectivity index is 1.04. The summed E-state index contributed by atoms with van der Waals surface area (Å²) >= 11 is 6.51. The molecular formula is C56H46N12O4S4. The Morgan fingerprint density at radius 3 is 1.08 bits per heavy atom. The van der Waals surface area contributed by atoms with Gasteiger partial charge in [-0.2, -0.15) is 0 Å². The number of rotatable bonds is 16. The van der Waals surface area contributed by atoms with E-state index in [4.69, 9.17) is 48.9 Å². The molecule has 0 aliphatic carbocycles. The van der Waals surface area contributed by atoms with E-state index in [1.807, 2.05) is 123 Å². The predicted molar refractivity (Wildman–Crippen MR) is 300 cm³/mol. The second kappa shape index (κ2) is 20.2. The molecular weight excluding hydrogens is 1030 g/mol. The zero-order chi connectivity index (χ0) is 51.3. The number of benzene rings is 4. The van der Waals surface area contributed by atoms with Gasteiger partial charge in [0.2, 0.25) is 0 Å². The van der Waals surface area contributed by atoms with Gasteiger partial charge in [-0.15, -0.1) is 45.3 Å². The molecule has 0 saturated carbocycles. The minimum absolute atomic E-state index is 0.405. The van der Waals surface area contributed by atoms with E-state index < -0.39 is 0 Å². The smallest absolute Gasteiger partial charge is 0.168 e. The van der Waals surface area contributed by atoms with Crippen LogP contribution in [0.5, 0.6) is 23.0 Å². The lowest BCUT2D eigenvalue weighted by molar-refractivity contribution is 0.324. The van der Waals surface area contributed by atoms with Crippen molar-refractivity contribution in [3.05, 3.63) is 137 Å². The highest BCUT2D eigenvalue weighted by atomic mass is 32.1. The summed E-state index contributed by atoms with van der Waals surface area (Å²) in [5.41, 5.74) is 16.5. The molecule has 0 amide bonds. The Bertz CT molecular complexity index is 4190. The van der Waals surface area contributed by atoms with Gasteiger partial charge < -0.3 is 28.9 Å². The van der Waals surface area contributed by atoms with Crippen LogP contribution in [0.4, 0.5) is 0 Å². The number of aromatic amines is 2. The molecule has 2 aliphatic rings. The number of nitrogens with one attached hydrogen (secondary N) is 2. The van der Waals surface area contributed by atoms with E-state index in [-0.39, 0.29) is 0 Å². The second-order valence-electron chi connectivity index (χ2n) is 18.2. The molecule has 0 saturated heterocycles. The predicted octanol–water partition coefficient (Wildman–Crippen LogP) is 12.4. The van der Waals surface area contributed by atoms with Gasteiger partial charge in [0.05, 0.1) is 93.1 Å². The number of hydrogen-bond donors (Lipinski definition) is 2. The molecule has 76 heavy (non-hydrogen) atoms. The summed E-state index contributed by atoms with van der Waals surface area (Å²) in [6, 6.07) is 23.7. The van der Waals surface area contributed by atoms with Crippen LogP contribution in [-0.2, 0) is 25.7 Å². The molecule has 11 aromatic rings. The molecule has 0 spiro atoms. The van der Waals surface area contributed by atoms with E-state index in [1.54, 1.807) is 45.3 Å². The number of ether oxygens (including phenoxy) is 4. The van der Waals surface area contributed by atoms with Crippen molar-refractivity contribution in [2.75, 3.05) is 26.4 Å². The summed E-state index contributed by atoms with van der Waals surface area (Å²) in [5, 5.41) is 3.04. The Hall–Kier alpha value is -8.04. The van der Waals surface area contributed by atoms with E-state index in [0.29, 0.717) is 132 Å². The highest BCUT2D eigenvalue weighted by Gasteiger charge is 2.28. The van der Waals surface area contributed by atoms with Crippen LogP contribution in [0.25, 0.3) is 89.7 Å². The lowest BCUT2D eigenvalue weighted by atomic mass is 10.1. The molecule has 0 atom stereocenters. The van der Waals surface area contributed by atoms with Crippen LogP contribution < -0.4 is 18.9 Å². The van der Waals surface area contributed by atoms with Crippen LogP contribution >= 0.6 is 45.3 Å². The van der Waals surface area contributed by atoms with Gasteiger partial charge in [-0.05, 0) is 52.0 Å². The fourth-order valence-electron chi connectivity index (χ4n) is 9.62. The SMILES string of the molecule is Cc1ncsc1CCOc1cccc2c1-c1nc-2nc2[nH]c(nc3nc(nc4[nH]c(n1)c1cccc(OCCc5scnc5C)c41)-c1cccc(OCCc4scnc4C)c1-3)c1c(OCCc3scnc3C)cccc21. The molecule has 16 nitrogen and oxygen atoms in total. The number of fused-ring (bicyclic) bond motifs is 20. The van der Waals surface area contributed by atoms with Crippen molar-refractivity contribution in [2.45, 2.75) is 53.4 Å². The monoisotopic (exact) mass is 1080 g/mol. The third-order valence-electron chi connectivity index (χ3n) is 13.5. The van der Waals surface area contributed by atoms with Crippen molar-refractivity contribution in [2.24, 2.45) is 0 Å². The lowest BCUT2D eigenvalue weighted by Crippen LogP contribution is -2.02.